The standard InChI is InChI=1S/C14H16FN3O/c1-8-6-11(9(2)18-17-8)14(16)10-4-5-13(19-3)12(15)7-10/h4-7,14H,16H2,1-3H3. The molecule has 0 aliphatic carbocycles. The van der Waals surface area contributed by atoms with Crippen molar-refractivity contribution in [2.75, 3.05) is 7.11 Å². The summed E-state index contributed by atoms with van der Waals surface area (Å²) in [5.74, 6) is -0.219. The minimum atomic E-state index is -0.436. The summed E-state index contributed by atoms with van der Waals surface area (Å²) in [4.78, 5) is 0. The van der Waals surface area contributed by atoms with E-state index in [1.807, 2.05) is 19.9 Å². The molecule has 0 bridgehead atoms. The van der Waals surface area contributed by atoms with Gasteiger partial charge in [0, 0.05) is 0 Å². The first-order valence-electron chi connectivity index (χ1n) is 5.92. The Morgan fingerprint density at radius 3 is 2.58 bits per heavy atom. The molecule has 0 aliphatic heterocycles. The minimum absolute atomic E-state index is 0.205. The molecule has 0 aliphatic rings. The predicted octanol–water partition coefficient (Wildman–Crippen LogP) is 2.29. The van der Waals surface area contributed by atoms with Gasteiger partial charge in [0.15, 0.2) is 11.6 Å². The maximum absolute atomic E-state index is 13.7. The molecule has 4 nitrogen and oxygen atoms in total. The van der Waals surface area contributed by atoms with E-state index in [1.165, 1.54) is 13.2 Å². The van der Waals surface area contributed by atoms with Crippen molar-refractivity contribution in [3.8, 4) is 5.75 Å². The van der Waals surface area contributed by atoms with Crippen LogP contribution >= 0.6 is 0 Å². The molecule has 1 heterocycles. The lowest BCUT2D eigenvalue weighted by Crippen LogP contribution is -2.15. The third-order valence-electron chi connectivity index (χ3n) is 3.01. The van der Waals surface area contributed by atoms with E-state index < -0.39 is 11.9 Å². The Kier molecular flexibility index (Phi) is 3.76. The van der Waals surface area contributed by atoms with Crippen LogP contribution in [-0.2, 0) is 0 Å². The summed E-state index contributed by atoms with van der Waals surface area (Å²) in [7, 11) is 1.43. The Bertz CT molecular complexity index is 601. The molecule has 1 unspecified atom stereocenters. The average Bonchev–Trinajstić information content (AvgIpc) is 2.40. The Labute approximate surface area is 111 Å². The van der Waals surface area contributed by atoms with Gasteiger partial charge in [-0.3, -0.25) is 0 Å². The van der Waals surface area contributed by atoms with E-state index in [0.29, 0.717) is 5.56 Å². The second-order valence-corrected chi connectivity index (χ2v) is 4.40. The van der Waals surface area contributed by atoms with Crippen molar-refractivity contribution in [2.24, 2.45) is 5.73 Å². The first kappa shape index (κ1) is 13.4. The van der Waals surface area contributed by atoms with E-state index in [-0.39, 0.29) is 5.75 Å². The smallest absolute Gasteiger partial charge is 0.165 e. The van der Waals surface area contributed by atoms with Crippen LogP contribution in [0.1, 0.15) is 28.6 Å². The Morgan fingerprint density at radius 1 is 1.21 bits per heavy atom. The van der Waals surface area contributed by atoms with Crippen LogP contribution in [-0.4, -0.2) is 17.3 Å². The number of rotatable bonds is 3. The van der Waals surface area contributed by atoms with Crippen molar-refractivity contribution in [1.29, 1.82) is 0 Å². The van der Waals surface area contributed by atoms with Gasteiger partial charge in [0.1, 0.15) is 0 Å². The molecule has 0 saturated heterocycles. The normalized spacial score (nSPS) is 12.3. The Hall–Kier alpha value is -2.01. The summed E-state index contributed by atoms with van der Waals surface area (Å²) in [6.07, 6.45) is 0. The number of ether oxygens (including phenoxy) is 1. The van der Waals surface area contributed by atoms with Crippen LogP contribution in [0.3, 0.4) is 0 Å². The van der Waals surface area contributed by atoms with Crippen LogP contribution in [0, 0.1) is 19.7 Å². The van der Waals surface area contributed by atoms with E-state index in [1.54, 1.807) is 12.1 Å². The zero-order valence-corrected chi connectivity index (χ0v) is 11.1. The fourth-order valence-electron chi connectivity index (χ4n) is 1.94. The highest BCUT2D eigenvalue weighted by atomic mass is 19.1. The zero-order chi connectivity index (χ0) is 14.0. The molecule has 1 aromatic heterocycles. The van der Waals surface area contributed by atoms with Gasteiger partial charge in [-0.1, -0.05) is 6.07 Å². The van der Waals surface area contributed by atoms with E-state index in [4.69, 9.17) is 10.5 Å². The van der Waals surface area contributed by atoms with Gasteiger partial charge in [-0.25, -0.2) is 4.39 Å². The van der Waals surface area contributed by atoms with E-state index in [9.17, 15) is 4.39 Å². The Morgan fingerprint density at radius 2 is 1.95 bits per heavy atom. The molecule has 0 radical (unpaired) electrons. The predicted molar refractivity (Wildman–Crippen MR) is 70.5 cm³/mol. The van der Waals surface area contributed by atoms with Gasteiger partial charge in [0.05, 0.1) is 24.5 Å². The molecule has 0 spiro atoms. The number of nitrogens with two attached hydrogens (primary N) is 1. The highest BCUT2D eigenvalue weighted by molar-refractivity contribution is 5.37. The summed E-state index contributed by atoms with van der Waals surface area (Å²) in [6, 6.07) is 6.14. The van der Waals surface area contributed by atoms with Gasteiger partial charge < -0.3 is 10.5 Å². The monoisotopic (exact) mass is 261 g/mol. The molecule has 100 valence electrons. The van der Waals surface area contributed by atoms with Crippen molar-refractivity contribution < 1.29 is 9.13 Å². The first-order chi connectivity index (χ1) is 9.02. The lowest BCUT2D eigenvalue weighted by molar-refractivity contribution is 0.386. The maximum atomic E-state index is 13.7. The van der Waals surface area contributed by atoms with Gasteiger partial charge in [0.25, 0.3) is 0 Å². The highest BCUT2D eigenvalue weighted by Crippen LogP contribution is 2.25. The molecule has 0 amide bonds. The molecule has 1 aromatic carbocycles. The minimum Gasteiger partial charge on any atom is -0.494 e. The van der Waals surface area contributed by atoms with Crippen molar-refractivity contribution in [3.05, 3.63) is 52.6 Å². The van der Waals surface area contributed by atoms with Crippen LogP contribution in [0.5, 0.6) is 5.75 Å². The average molecular weight is 261 g/mol. The molecule has 1 atom stereocenters. The molecule has 2 rings (SSSR count). The summed E-state index contributed by atoms with van der Waals surface area (Å²) < 4.78 is 18.6. The molecule has 0 fully saturated rings. The summed E-state index contributed by atoms with van der Waals surface area (Å²) in [5, 5.41) is 7.99. The van der Waals surface area contributed by atoms with E-state index in [0.717, 1.165) is 17.0 Å². The maximum Gasteiger partial charge on any atom is 0.165 e. The SMILES string of the molecule is COc1ccc(C(N)c2cc(C)nnc2C)cc1F. The van der Waals surface area contributed by atoms with Crippen LogP contribution in [0.2, 0.25) is 0 Å². The third kappa shape index (κ3) is 2.71. The molecular formula is C14H16FN3O. The first-order valence-corrected chi connectivity index (χ1v) is 5.92. The van der Waals surface area contributed by atoms with Crippen LogP contribution in [0.15, 0.2) is 24.3 Å². The van der Waals surface area contributed by atoms with Crippen molar-refractivity contribution >= 4 is 0 Å². The number of hydrogen-bond donors (Lipinski definition) is 1. The molecule has 2 N–H and O–H groups in total. The van der Waals surface area contributed by atoms with Crippen molar-refractivity contribution in [3.63, 3.8) is 0 Å². The summed E-state index contributed by atoms with van der Waals surface area (Å²) in [6.45, 7) is 3.68. The number of aryl methyl sites for hydroxylation is 2. The van der Waals surface area contributed by atoms with E-state index in [2.05, 4.69) is 10.2 Å². The summed E-state index contributed by atoms with van der Waals surface area (Å²) in [5.41, 5.74) is 9.22. The zero-order valence-electron chi connectivity index (χ0n) is 11.1. The van der Waals surface area contributed by atoms with Crippen molar-refractivity contribution in [2.45, 2.75) is 19.9 Å². The fourth-order valence-corrected chi connectivity index (χ4v) is 1.94. The number of aromatic nitrogens is 2. The number of nitrogens with zero attached hydrogens (tertiary/aromatic N) is 2. The second kappa shape index (κ2) is 5.32. The second-order valence-electron chi connectivity index (χ2n) is 4.40. The molecule has 0 saturated carbocycles. The molecule has 5 heteroatoms. The lowest BCUT2D eigenvalue weighted by Gasteiger charge is -2.15. The third-order valence-corrected chi connectivity index (χ3v) is 3.01. The van der Waals surface area contributed by atoms with Gasteiger partial charge in [-0.2, -0.15) is 10.2 Å². The summed E-state index contributed by atoms with van der Waals surface area (Å²) >= 11 is 0. The van der Waals surface area contributed by atoms with Crippen LogP contribution < -0.4 is 10.5 Å². The number of halogens is 1. The Balaban J connectivity index is 2.41. The van der Waals surface area contributed by atoms with Gasteiger partial charge in [0.2, 0.25) is 0 Å². The number of methoxy groups -OCH3 is 1. The molecular weight excluding hydrogens is 245 g/mol. The van der Waals surface area contributed by atoms with Gasteiger partial charge in [-0.15, -0.1) is 0 Å². The van der Waals surface area contributed by atoms with Crippen LogP contribution in [0.4, 0.5) is 4.39 Å². The lowest BCUT2D eigenvalue weighted by atomic mass is 9.98. The van der Waals surface area contributed by atoms with Crippen molar-refractivity contribution in [1.82, 2.24) is 10.2 Å². The number of benzene rings is 1. The highest BCUT2D eigenvalue weighted by Gasteiger charge is 2.15. The van der Waals surface area contributed by atoms with E-state index >= 15 is 0 Å². The fraction of sp³-hybridized carbons (Fsp3) is 0.286. The number of hydrogen-bond acceptors (Lipinski definition) is 4. The topological polar surface area (TPSA) is 61.0 Å². The quantitative estimate of drug-likeness (QED) is 0.920. The molecule has 2 aromatic rings. The van der Waals surface area contributed by atoms with Gasteiger partial charge in [-0.05, 0) is 43.2 Å². The van der Waals surface area contributed by atoms with Crippen LogP contribution in [0.25, 0.3) is 0 Å². The van der Waals surface area contributed by atoms with Gasteiger partial charge >= 0.3 is 0 Å². The molecule has 19 heavy (non-hydrogen) atoms. The largest absolute Gasteiger partial charge is 0.494 e.